The van der Waals surface area contributed by atoms with Crippen molar-refractivity contribution in [3.05, 3.63) is 94.9 Å². The van der Waals surface area contributed by atoms with Crippen LogP contribution in [0.2, 0.25) is 0 Å². The molecule has 0 saturated carbocycles. The molecule has 4 aromatic rings. The lowest BCUT2D eigenvalue weighted by molar-refractivity contribution is -0.137. The number of amides is 4. The van der Waals surface area contributed by atoms with Gasteiger partial charge in [-0.15, -0.1) is 0 Å². The number of halogens is 4. The highest BCUT2D eigenvalue weighted by molar-refractivity contribution is 6.05. The molecule has 12 nitrogen and oxygen atoms in total. The molecular formula is C39H42F4N8O4. The van der Waals surface area contributed by atoms with Crippen LogP contribution in [0.25, 0.3) is 0 Å². The molecule has 6 rings (SSSR count). The third-order valence-electron chi connectivity index (χ3n) is 9.31. The van der Waals surface area contributed by atoms with E-state index in [9.17, 15) is 27.6 Å². The van der Waals surface area contributed by atoms with Gasteiger partial charge in [-0.2, -0.15) is 13.2 Å². The first kappa shape index (κ1) is 38.8. The van der Waals surface area contributed by atoms with Crippen LogP contribution in [0.3, 0.4) is 0 Å². The Labute approximate surface area is 315 Å². The van der Waals surface area contributed by atoms with E-state index in [4.69, 9.17) is 4.74 Å². The average molecular weight is 763 g/mol. The highest BCUT2D eigenvalue weighted by Gasteiger charge is 2.35. The molecule has 4 N–H and O–H groups in total. The van der Waals surface area contributed by atoms with Crippen LogP contribution in [0.1, 0.15) is 47.3 Å². The summed E-state index contributed by atoms with van der Waals surface area (Å²) in [6.07, 6.45) is -4.05. The minimum absolute atomic E-state index is 0.122. The topological polar surface area (TPSA) is 131 Å². The molecule has 0 aliphatic carbocycles. The molecule has 2 aliphatic rings. The predicted octanol–water partition coefficient (Wildman–Crippen LogP) is 6.95. The SMILES string of the molecule is CNC(=O)c1ccccc1Nc1cc(Nc2cc(C)c(N3CCN(Cc4ccc(N5CCC(=O)NC5=O)cc4F)CC3)cc2OC(C)C)ncc1C(F)(F)F. The quantitative estimate of drug-likeness (QED) is 0.120. The van der Waals surface area contributed by atoms with Crippen molar-refractivity contribution in [2.75, 3.05) is 60.2 Å². The minimum Gasteiger partial charge on any atom is -0.489 e. The Balaban J connectivity index is 1.18. The molecule has 1 aromatic heterocycles. The van der Waals surface area contributed by atoms with Gasteiger partial charge in [-0.05, 0) is 56.7 Å². The molecule has 2 saturated heterocycles. The van der Waals surface area contributed by atoms with Crippen molar-refractivity contribution in [1.29, 1.82) is 0 Å². The number of anilines is 6. The molecule has 0 atom stereocenters. The molecular weight excluding hydrogens is 720 g/mol. The van der Waals surface area contributed by atoms with Gasteiger partial charge >= 0.3 is 12.2 Å². The summed E-state index contributed by atoms with van der Waals surface area (Å²) in [6, 6.07) is 15.4. The van der Waals surface area contributed by atoms with Crippen LogP contribution in [0.4, 0.5) is 56.6 Å². The van der Waals surface area contributed by atoms with E-state index in [0.29, 0.717) is 55.4 Å². The highest BCUT2D eigenvalue weighted by Crippen LogP contribution is 2.40. The van der Waals surface area contributed by atoms with Gasteiger partial charge in [0.05, 0.1) is 34.3 Å². The van der Waals surface area contributed by atoms with Gasteiger partial charge in [0.2, 0.25) is 5.91 Å². The zero-order chi connectivity index (χ0) is 39.4. The van der Waals surface area contributed by atoms with Crippen LogP contribution in [-0.4, -0.2) is 73.6 Å². The number of urea groups is 1. The van der Waals surface area contributed by atoms with Crippen molar-refractivity contribution >= 4 is 52.1 Å². The number of carbonyl (C=O) groups is 3. The van der Waals surface area contributed by atoms with Crippen molar-refractivity contribution in [2.45, 2.75) is 46.0 Å². The van der Waals surface area contributed by atoms with Gasteiger partial charge in [0.1, 0.15) is 17.4 Å². The Bertz CT molecular complexity index is 2090. The summed E-state index contributed by atoms with van der Waals surface area (Å²) < 4.78 is 63.7. The summed E-state index contributed by atoms with van der Waals surface area (Å²) >= 11 is 0. The fourth-order valence-corrected chi connectivity index (χ4v) is 6.56. The number of alkyl halides is 3. The van der Waals surface area contributed by atoms with E-state index in [-0.39, 0.29) is 47.7 Å². The minimum atomic E-state index is -4.72. The molecule has 290 valence electrons. The Morgan fingerprint density at radius 2 is 1.69 bits per heavy atom. The number of imide groups is 1. The van der Waals surface area contributed by atoms with Gasteiger partial charge in [0.25, 0.3) is 5.91 Å². The van der Waals surface area contributed by atoms with Crippen molar-refractivity contribution in [3.63, 3.8) is 0 Å². The number of nitrogens with zero attached hydrogens (tertiary/aromatic N) is 4. The molecule has 2 aliphatic heterocycles. The van der Waals surface area contributed by atoms with Gasteiger partial charge in [0.15, 0.2) is 0 Å². The van der Waals surface area contributed by atoms with Gasteiger partial charge in [-0.25, -0.2) is 14.2 Å². The zero-order valence-corrected chi connectivity index (χ0v) is 30.8. The van der Waals surface area contributed by atoms with Gasteiger partial charge in [0, 0.05) is 88.0 Å². The Morgan fingerprint density at radius 1 is 0.945 bits per heavy atom. The number of pyridine rings is 1. The van der Waals surface area contributed by atoms with E-state index in [2.05, 4.69) is 36.1 Å². The fourth-order valence-electron chi connectivity index (χ4n) is 6.56. The number of aromatic nitrogens is 1. The number of benzene rings is 3. The molecule has 0 unspecified atom stereocenters. The maximum Gasteiger partial charge on any atom is 0.419 e. The molecule has 16 heteroatoms. The van der Waals surface area contributed by atoms with Crippen LogP contribution in [0.15, 0.2) is 66.9 Å². The standard InChI is InChI=1S/C39H42F4N8O4/c1-23(2)55-34-20-33(50-15-13-49(14-16-50)22-25-9-10-26(18-29(25)40)51-12-11-36(52)48-38(51)54)24(3)17-32(34)47-35-19-31(28(21-45-35)39(41,42)43)46-30-8-6-5-7-27(30)37(53)44-4/h5-10,17-21,23H,11-16,22H2,1-4H3,(H,44,53)(H2,45,46,47)(H,48,52,54). The summed E-state index contributed by atoms with van der Waals surface area (Å²) in [6.45, 7) is 8.82. The third kappa shape index (κ3) is 9.08. The lowest BCUT2D eigenvalue weighted by Gasteiger charge is -2.37. The lowest BCUT2D eigenvalue weighted by atomic mass is 10.1. The second-order valence-electron chi connectivity index (χ2n) is 13.6. The molecule has 0 radical (unpaired) electrons. The lowest BCUT2D eigenvalue weighted by Crippen LogP contribution is -2.49. The van der Waals surface area contributed by atoms with Crippen LogP contribution in [-0.2, 0) is 17.5 Å². The summed E-state index contributed by atoms with van der Waals surface area (Å²) in [7, 11) is 1.44. The zero-order valence-electron chi connectivity index (χ0n) is 30.8. The van der Waals surface area contributed by atoms with Gasteiger partial charge < -0.3 is 25.6 Å². The molecule has 3 heterocycles. The first-order valence-corrected chi connectivity index (χ1v) is 17.8. The van der Waals surface area contributed by atoms with Crippen LogP contribution in [0.5, 0.6) is 5.75 Å². The molecule has 3 aromatic carbocycles. The number of hydrogen-bond acceptors (Lipinski definition) is 9. The first-order chi connectivity index (χ1) is 26.2. The summed E-state index contributed by atoms with van der Waals surface area (Å²) in [5.74, 6) is -0.642. The van der Waals surface area contributed by atoms with Crippen LogP contribution in [0, 0.1) is 12.7 Å². The molecule has 0 spiro atoms. The van der Waals surface area contributed by atoms with E-state index in [1.807, 2.05) is 32.9 Å². The molecule has 4 amide bonds. The largest absolute Gasteiger partial charge is 0.489 e. The third-order valence-corrected chi connectivity index (χ3v) is 9.31. The van der Waals surface area contributed by atoms with Crippen LogP contribution < -0.4 is 35.8 Å². The Morgan fingerprint density at radius 3 is 2.36 bits per heavy atom. The Kier molecular flexibility index (Phi) is 11.4. The molecule has 2 fully saturated rings. The maximum absolute atomic E-state index is 15.2. The Hall–Kier alpha value is -5.90. The fraction of sp³-hybridized carbons (Fsp3) is 0.333. The predicted molar refractivity (Wildman–Crippen MR) is 202 cm³/mol. The normalized spacial score (nSPS) is 15.2. The van der Waals surface area contributed by atoms with E-state index in [0.717, 1.165) is 17.4 Å². The monoisotopic (exact) mass is 762 g/mol. The second kappa shape index (κ2) is 16.2. The number of ether oxygens (including phenoxy) is 1. The maximum atomic E-state index is 15.2. The highest BCUT2D eigenvalue weighted by atomic mass is 19.4. The van der Waals surface area contributed by atoms with Crippen molar-refractivity contribution in [2.24, 2.45) is 0 Å². The number of hydrogen-bond donors (Lipinski definition) is 4. The van der Waals surface area contributed by atoms with Crippen molar-refractivity contribution < 1.29 is 36.7 Å². The van der Waals surface area contributed by atoms with Crippen molar-refractivity contribution in [1.82, 2.24) is 20.5 Å². The summed E-state index contributed by atoms with van der Waals surface area (Å²) in [5, 5.41) is 10.7. The van der Waals surface area contributed by atoms with E-state index in [1.54, 1.807) is 24.3 Å². The van der Waals surface area contributed by atoms with Crippen molar-refractivity contribution in [3.8, 4) is 5.75 Å². The number of piperazine rings is 1. The van der Waals surface area contributed by atoms with E-state index >= 15 is 4.39 Å². The number of rotatable bonds is 11. The molecule has 0 bridgehead atoms. The molecule has 55 heavy (non-hydrogen) atoms. The summed E-state index contributed by atoms with van der Waals surface area (Å²) in [5.41, 5.74) is 2.28. The van der Waals surface area contributed by atoms with E-state index < -0.39 is 29.5 Å². The summed E-state index contributed by atoms with van der Waals surface area (Å²) in [4.78, 5) is 45.9. The number of aryl methyl sites for hydroxylation is 1. The number of para-hydroxylation sites is 1. The van der Waals surface area contributed by atoms with Gasteiger partial charge in [-0.3, -0.25) is 24.7 Å². The van der Waals surface area contributed by atoms with Gasteiger partial charge in [-0.1, -0.05) is 18.2 Å². The average Bonchev–Trinajstić information content (AvgIpc) is 3.13. The second-order valence-corrected chi connectivity index (χ2v) is 13.6. The first-order valence-electron chi connectivity index (χ1n) is 17.8. The van der Waals surface area contributed by atoms with E-state index in [1.165, 1.54) is 36.2 Å². The number of carbonyl (C=O) groups excluding carboxylic acids is 3. The number of nitrogens with one attached hydrogen (secondary N) is 4. The van der Waals surface area contributed by atoms with Crippen LogP contribution >= 0.6 is 0 Å². The smallest absolute Gasteiger partial charge is 0.419 e.